The lowest BCUT2D eigenvalue weighted by Gasteiger charge is -2.27. The van der Waals surface area contributed by atoms with Crippen LogP contribution in [-0.4, -0.2) is 48.3 Å². The topological polar surface area (TPSA) is 92.3 Å². The molecule has 1 heterocycles. The molecule has 1 atom stereocenters. The summed E-state index contributed by atoms with van der Waals surface area (Å²) in [7, 11) is 0. The summed E-state index contributed by atoms with van der Waals surface area (Å²) in [5.41, 5.74) is 1.92. The largest absolute Gasteiger partial charge is 0.487 e. The number of nitrogens with zero attached hydrogens (tertiary/aromatic N) is 2. The molecule has 2 amide bonds. The molecule has 0 bridgehead atoms. The van der Waals surface area contributed by atoms with E-state index in [0.717, 1.165) is 25.7 Å². The summed E-state index contributed by atoms with van der Waals surface area (Å²) in [6, 6.07) is 11.1. The Hall–Kier alpha value is -3.69. The second-order valence-corrected chi connectivity index (χ2v) is 8.57. The first-order chi connectivity index (χ1) is 16.9. The Morgan fingerprint density at radius 2 is 1.74 bits per heavy atom. The number of nitrogens with one attached hydrogen (secondary N) is 2. The molecule has 1 aliphatic carbocycles. The van der Waals surface area contributed by atoms with E-state index >= 15 is 0 Å². The van der Waals surface area contributed by atoms with E-state index in [-0.39, 0.29) is 29.4 Å². The molecule has 2 aromatic rings. The average molecular weight is 487 g/mol. The molecule has 2 aromatic carbocycles. The van der Waals surface area contributed by atoms with Gasteiger partial charge in [-0.3, -0.25) is 14.6 Å². The number of hydrogen-bond donors (Lipinski definition) is 2. The van der Waals surface area contributed by atoms with Gasteiger partial charge in [0.15, 0.2) is 11.5 Å². The highest BCUT2D eigenvalue weighted by molar-refractivity contribution is 5.95. The first-order valence-corrected chi connectivity index (χ1v) is 11.6. The van der Waals surface area contributed by atoms with Crippen molar-refractivity contribution in [3.8, 4) is 11.5 Å². The first-order valence-electron chi connectivity index (χ1n) is 11.6. The summed E-state index contributed by atoms with van der Waals surface area (Å²) >= 11 is 0. The Morgan fingerprint density at radius 1 is 1.03 bits per heavy atom. The standard InChI is InChI=1S/C25H28F2N4O4/c1-16(32)29-18-8-10-19(11-9-18)30-24(33)21-6-3-13-31(21)28-15-17-7-12-22(35-25(26)27)23(14-17)34-20-4-2-5-20/h7-12,14-15,20-21,25H,2-6,13H2,1H3,(H,29,32)(H,30,33)/b28-15+/t21-/m0/s1. The fourth-order valence-corrected chi connectivity index (χ4v) is 3.92. The second-order valence-electron chi connectivity index (χ2n) is 8.57. The lowest BCUT2D eigenvalue weighted by molar-refractivity contribution is -0.120. The van der Waals surface area contributed by atoms with E-state index in [1.165, 1.54) is 13.0 Å². The van der Waals surface area contributed by atoms with Crippen molar-refractivity contribution < 1.29 is 27.8 Å². The monoisotopic (exact) mass is 486 g/mol. The third-order valence-electron chi connectivity index (χ3n) is 5.88. The number of amides is 2. The van der Waals surface area contributed by atoms with Crippen molar-refractivity contribution in [2.45, 2.75) is 57.8 Å². The molecule has 2 N–H and O–H groups in total. The van der Waals surface area contributed by atoms with Gasteiger partial charge in [-0.25, -0.2) is 0 Å². The van der Waals surface area contributed by atoms with Crippen LogP contribution >= 0.6 is 0 Å². The fraction of sp³-hybridized carbons (Fsp3) is 0.400. The maximum atomic E-state index is 12.9. The predicted octanol–water partition coefficient (Wildman–Crippen LogP) is 4.61. The van der Waals surface area contributed by atoms with Crippen molar-refractivity contribution in [1.29, 1.82) is 0 Å². The molecule has 2 aliphatic rings. The average Bonchev–Trinajstić information content (AvgIpc) is 3.25. The molecule has 1 saturated carbocycles. The molecule has 1 aliphatic heterocycles. The van der Waals surface area contributed by atoms with Crippen LogP contribution in [0.4, 0.5) is 20.2 Å². The molecule has 10 heteroatoms. The van der Waals surface area contributed by atoms with Crippen LogP contribution in [0.5, 0.6) is 11.5 Å². The Bertz CT molecular complexity index is 1070. The molecule has 0 radical (unpaired) electrons. The van der Waals surface area contributed by atoms with Crippen molar-refractivity contribution >= 4 is 29.4 Å². The zero-order valence-electron chi connectivity index (χ0n) is 19.4. The summed E-state index contributed by atoms with van der Waals surface area (Å²) in [6.07, 6.45) is 5.88. The van der Waals surface area contributed by atoms with E-state index < -0.39 is 12.7 Å². The van der Waals surface area contributed by atoms with Gasteiger partial charge in [0, 0.05) is 24.8 Å². The smallest absolute Gasteiger partial charge is 0.387 e. The van der Waals surface area contributed by atoms with Crippen molar-refractivity contribution in [3.05, 3.63) is 48.0 Å². The van der Waals surface area contributed by atoms with Gasteiger partial charge in [-0.1, -0.05) is 0 Å². The molecule has 1 saturated heterocycles. The normalized spacial score (nSPS) is 17.9. The summed E-state index contributed by atoms with van der Waals surface area (Å²) in [4.78, 5) is 24.0. The molecule has 0 aromatic heterocycles. The lowest BCUT2D eigenvalue weighted by atomic mass is 9.96. The Kier molecular flexibility index (Phi) is 7.79. The number of carbonyl (C=O) groups is 2. The maximum Gasteiger partial charge on any atom is 0.387 e. The van der Waals surface area contributed by atoms with Crippen LogP contribution in [0.3, 0.4) is 0 Å². The van der Waals surface area contributed by atoms with Gasteiger partial charge in [0.1, 0.15) is 6.04 Å². The summed E-state index contributed by atoms with van der Waals surface area (Å²) in [5, 5.41) is 11.8. The fourth-order valence-electron chi connectivity index (χ4n) is 3.92. The van der Waals surface area contributed by atoms with Crippen LogP contribution in [0.1, 0.15) is 44.6 Å². The predicted molar refractivity (Wildman–Crippen MR) is 128 cm³/mol. The van der Waals surface area contributed by atoms with Crippen molar-refractivity contribution in [1.82, 2.24) is 5.01 Å². The summed E-state index contributed by atoms with van der Waals surface area (Å²) in [6.45, 7) is -0.893. The zero-order valence-corrected chi connectivity index (χ0v) is 19.4. The van der Waals surface area contributed by atoms with E-state index in [1.54, 1.807) is 47.6 Å². The van der Waals surface area contributed by atoms with Crippen LogP contribution in [0, 0.1) is 0 Å². The lowest BCUT2D eigenvalue weighted by Crippen LogP contribution is -2.36. The molecule has 4 rings (SSSR count). The van der Waals surface area contributed by atoms with Gasteiger partial charge in [-0.15, -0.1) is 0 Å². The molecule has 0 unspecified atom stereocenters. The van der Waals surface area contributed by atoms with Gasteiger partial charge < -0.3 is 20.1 Å². The number of benzene rings is 2. The van der Waals surface area contributed by atoms with Crippen LogP contribution in [0.25, 0.3) is 0 Å². The van der Waals surface area contributed by atoms with Crippen LogP contribution in [-0.2, 0) is 9.59 Å². The van der Waals surface area contributed by atoms with Crippen molar-refractivity contribution in [2.75, 3.05) is 17.2 Å². The minimum atomic E-state index is -2.94. The van der Waals surface area contributed by atoms with E-state index in [4.69, 9.17) is 4.74 Å². The highest BCUT2D eigenvalue weighted by atomic mass is 19.3. The Morgan fingerprint density at radius 3 is 2.37 bits per heavy atom. The van der Waals surface area contributed by atoms with Gasteiger partial charge in [-0.05, 0) is 80.1 Å². The summed E-state index contributed by atoms with van der Waals surface area (Å²) < 4.78 is 36.0. The number of hydrogen-bond acceptors (Lipinski definition) is 6. The number of carbonyl (C=O) groups excluding carboxylic acids is 2. The third-order valence-corrected chi connectivity index (χ3v) is 5.88. The number of halogens is 2. The van der Waals surface area contributed by atoms with E-state index in [9.17, 15) is 18.4 Å². The first kappa shape index (κ1) is 24.4. The van der Waals surface area contributed by atoms with Gasteiger partial charge in [0.2, 0.25) is 11.8 Å². The Labute approximate surface area is 202 Å². The quantitative estimate of drug-likeness (QED) is 0.505. The zero-order chi connectivity index (χ0) is 24.8. The third kappa shape index (κ3) is 6.68. The van der Waals surface area contributed by atoms with Crippen LogP contribution < -0.4 is 20.1 Å². The molecule has 35 heavy (non-hydrogen) atoms. The molecular weight excluding hydrogens is 458 g/mol. The van der Waals surface area contributed by atoms with Crippen molar-refractivity contribution in [2.24, 2.45) is 5.10 Å². The summed E-state index contributed by atoms with van der Waals surface area (Å²) in [5.74, 6) is -0.0925. The molecular formula is C25H28F2N4O4. The van der Waals surface area contributed by atoms with E-state index in [1.807, 2.05) is 0 Å². The minimum Gasteiger partial charge on any atom is -0.487 e. The minimum absolute atomic E-state index is 0.00109. The highest BCUT2D eigenvalue weighted by Crippen LogP contribution is 2.34. The molecule has 8 nitrogen and oxygen atoms in total. The SMILES string of the molecule is CC(=O)Nc1ccc(NC(=O)[C@@H]2CCCN2/N=C/c2ccc(OC(F)F)c(OC3CCC3)c2)cc1. The van der Waals surface area contributed by atoms with Crippen molar-refractivity contribution in [3.63, 3.8) is 0 Å². The number of rotatable bonds is 9. The highest BCUT2D eigenvalue weighted by Gasteiger charge is 2.30. The van der Waals surface area contributed by atoms with Gasteiger partial charge >= 0.3 is 6.61 Å². The van der Waals surface area contributed by atoms with Gasteiger partial charge in [0.25, 0.3) is 0 Å². The van der Waals surface area contributed by atoms with Crippen LogP contribution in [0.15, 0.2) is 47.6 Å². The number of anilines is 2. The van der Waals surface area contributed by atoms with E-state index in [0.29, 0.717) is 29.9 Å². The number of alkyl halides is 2. The van der Waals surface area contributed by atoms with Gasteiger partial charge in [0.05, 0.1) is 12.3 Å². The maximum absolute atomic E-state index is 12.9. The molecule has 0 spiro atoms. The van der Waals surface area contributed by atoms with Crippen LogP contribution in [0.2, 0.25) is 0 Å². The molecule has 186 valence electrons. The number of ether oxygens (including phenoxy) is 2. The Balaban J connectivity index is 1.40. The second kappa shape index (κ2) is 11.2. The van der Waals surface area contributed by atoms with E-state index in [2.05, 4.69) is 20.5 Å². The van der Waals surface area contributed by atoms with Gasteiger partial charge in [-0.2, -0.15) is 13.9 Å². The number of hydrazone groups is 1. The molecule has 2 fully saturated rings.